The molecule has 0 fully saturated rings. The molecule has 0 saturated carbocycles. The van der Waals surface area contributed by atoms with Gasteiger partial charge in [-0.05, 0) is 19.5 Å². The van der Waals surface area contributed by atoms with E-state index in [-0.39, 0.29) is 5.54 Å². The number of unbranched alkanes of at least 4 members (excludes halogenated alkanes) is 3. The Balaban J connectivity index is 3.07. The van der Waals surface area contributed by atoms with E-state index >= 15 is 0 Å². The summed E-state index contributed by atoms with van der Waals surface area (Å²) in [5, 5.41) is 3.24. The largest absolute Gasteiger partial charge is 0.413 e. The van der Waals surface area contributed by atoms with E-state index in [1.807, 2.05) is 6.92 Å². The van der Waals surface area contributed by atoms with E-state index in [2.05, 4.69) is 12.2 Å². The average Bonchev–Trinajstić information content (AvgIpc) is 2.10. The Labute approximate surface area is 83.0 Å². The summed E-state index contributed by atoms with van der Waals surface area (Å²) < 4.78 is 0. The Kier molecular flexibility index (Phi) is 8.75. The first-order chi connectivity index (χ1) is 6.18. The van der Waals surface area contributed by atoms with Crippen LogP contribution in [0.3, 0.4) is 0 Å². The first kappa shape index (κ1) is 13.1. The number of rotatable bonds is 8. The summed E-state index contributed by atoms with van der Waals surface area (Å²) >= 11 is 0. The maximum atomic E-state index is 8.92. The van der Waals surface area contributed by atoms with Crippen molar-refractivity contribution in [3.63, 3.8) is 0 Å². The zero-order valence-corrected chi connectivity index (χ0v) is 9.95. The summed E-state index contributed by atoms with van der Waals surface area (Å²) in [5.41, 5.74) is 0.0613. The minimum atomic E-state index is -2.39. The third-order valence-electron chi connectivity index (χ3n) is 2.18. The Morgan fingerprint density at radius 2 is 1.92 bits per heavy atom. The standard InChI is InChI=1S/C9H23NO2Si/c1-3-4-5-6-7-10-8-9(2)13(11)12/h9-13H,3-8H2,1-2H3. The van der Waals surface area contributed by atoms with Crippen LogP contribution in [0, 0.1) is 0 Å². The molecule has 0 aliphatic heterocycles. The molecule has 0 aliphatic rings. The monoisotopic (exact) mass is 205 g/mol. The molecule has 3 nitrogen and oxygen atoms in total. The van der Waals surface area contributed by atoms with E-state index < -0.39 is 9.28 Å². The van der Waals surface area contributed by atoms with Crippen LogP contribution < -0.4 is 5.32 Å². The minimum Gasteiger partial charge on any atom is -0.413 e. The van der Waals surface area contributed by atoms with E-state index in [4.69, 9.17) is 9.59 Å². The Hall–Kier alpha value is 0.0969. The molecule has 0 aliphatic carbocycles. The van der Waals surface area contributed by atoms with Gasteiger partial charge in [0.1, 0.15) is 0 Å². The van der Waals surface area contributed by atoms with Crippen LogP contribution in [-0.4, -0.2) is 32.0 Å². The molecule has 0 amide bonds. The molecule has 0 radical (unpaired) electrons. The molecule has 0 spiro atoms. The summed E-state index contributed by atoms with van der Waals surface area (Å²) in [6.45, 7) is 5.83. The van der Waals surface area contributed by atoms with Crippen LogP contribution in [0.25, 0.3) is 0 Å². The number of hydrogen-bond donors (Lipinski definition) is 3. The van der Waals surface area contributed by atoms with Gasteiger partial charge in [-0.25, -0.2) is 0 Å². The number of hydrogen-bond acceptors (Lipinski definition) is 3. The van der Waals surface area contributed by atoms with Gasteiger partial charge in [-0.2, -0.15) is 0 Å². The second kappa shape index (κ2) is 8.68. The third kappa shape index (κ3) is 8.43. The van der Waals surface area contributed by atoms with Gasteiger partial charge in [-0.1, -0.05) is 33.1 Å². The lowest BCUT2D eigenvalue weighted by Crippen LogP contribution is -2.29. The molecule has 1 atom stereocenters. The summed E-state index contributed by atoms with van der Waals surface area (Å²) in [6.07, 6.45) is 5.04. The van der Waals surface area contributed by atoms with Gasteiger partial charge in [0.05, 0.1) is 0 Å². The molecule has 13 heavy (non-hydrogen) atoms. The molecule has 0 aromatic heterocycles. The van der Waals surface area contributed by atoms with Gasteiger partial charge in [0, 0.05) is 5.54 Å². The molecular formula is C9H23NO2Si. The van der Waals surface area contributed by atoms with Crippen molar-refractivity contribution in [2.45, 2.75) is 45.1 Å². The molecule has 1 unspecified atom stereocenters. The van der Waals surface area contributed by atoms with E-state index in [1.54, 1.807) is 0 Å². The van der Waals surface area contributed by atoms with Gasteiger partial charge in [0.15, 0.2) is 0 Å². The maximum Gasteiger partial charge on any atom is 0.320 e. The highest BCUT2D eigenvalue weighted by Crippen LogP contribution is 2.02. The molecule has 0 aromatic carbocycles. The van der Waals surface area contributed by atoms with Crippen LogP contribution in [0.2, 0.25) is 5.54 Å². The van der Waals surface area contributed by atoms with Crippen molar-refractivity contribution in [3.8, 4) is 0 Å². The first-order valence-electron chi connectivity index (χ1n) is 5.25. The molecule has 0 bridgehead atoms. The molecule has 0 saturated heterocycles. The summed E-state index contributed by atoms with van der Waals surface area (Å²) in [7, 11) is -2.39. The van der Waals surface area contributed by atoms with Crippen LogP contribution in [-0.2, 0) is 0 Å². The first-order valence-corrected chi connectivity index (χ1v) is 6.95. The number of nitrogens with one attached hydrogen (secondary N) is 1. The van der Waals surface area contributed by atoms with E-state index in [9.17, 15) is 0 Å². The second-order valence-corrected chi connectivity index (χ2v) is 5.62. The van der Waals surface area contributed by atoms with Crippen molar-refractivity contribution in [3.05, 3.63) is 0 Å². The predicted molar refractivity (Wildman–Crippen MR) is 58.0 cm³/mol. The Morgan fingerprint density at radius 3 is 2.46 bits per heavy atom. The Bertz CT molecular complexity index is 112. The predicted octanol–water partition coefficient (Wildman–Crippen LogP) is 0.751. The topological polar surface area (TPSA) is 52.5 Å². The minimum absolute atomic E-state index is 0.0613. The quantitative estimate of drug-likeness (QED) is 0.405. The van der Waals surface area contributed by atoms with E-state index in [0.717, 1.165) is 13.1 Å². The van der Waals surface area contributed by atoms with Gasteiger partial charge in [-0.15, -0.1) is 0 Å². The molecule has 0 rings (SSSR count). The smallest absolute Gasteiger partial charge is 0.320 e. The lowest BCUT2D eigenvalue weighted by Gasteiger charge is -2.12. The van der Waals surface area contributed by atoms with Crippen molar-refractivity contribution in [1.82, 2.24) is 5.32 Å². The fraction of sp³-hybridized carbons (Fsp3) is 1.00. The van der Waals surface area contributed by atoms with Crippen LogP contribution in [0.5, 0.6) is 0 Å². The van der Waals surface area contributed by atoms with Crippen molar-refractivity contribution in [1.29, 1.82) is 0 Å². The summed E-state index contributed by atoms with van der Waals surface area (Å²) in [4.78, 5) is 17.8. The zero-order valence-electron chi connectivity index (χ0n) is 8.79. The molecule has 80 valence electrons. The van der Waals surface area contributed by atoms with E-state index in [1.165, 1.54) is 25.7 Å². The molecule has 0 aromatic rings. The van der Waals surface area contributed by atoms with Crippen LogP contribution in [0.4, 0.5) is 0 Å². The van der Waals surface area contributed by atoms with Crippen molar-refractivity contribution in [2.24, 2.45) is 0 Å². The van der Waals surface area contributed by atoms with E-state index in [0.29, 0.717) is 0 Å². The molecule has 0 heterocycles. The van der Waals surface area contributed by atoms with Gasteiger partial charge in [0.2, 0.25) is 0 Å². The summed E-state index contributed by atoms with van der Waals surface area (Å²) in [6, 6.07) is 0. The maximum absolute atomic E-state index is 8.92. The van der Waals surface area contributed by atoms with Gasteiger partial charge >= 0.3 is 9.28 Å². The third-order valence-corrected chi connectivity index (χ3v) is 3.44. The van der Waals surface area contributed by atoms with Gasteiger partial charge < -0.3 is 14.9 Å². The van der Waals surface area contributed by atoms with Crippen LogP contribution in [0.1, 0.15) is 39.5 Å². The highest BCUT2D eigenvalue weighted by atomic mass is 28.3. The molecular weight excluding hydrogens is 182 g/mol. The zero-order chi connectivity index (χ0) is 10.1. The fourth-order valence-electron chi connectivity index (χ4n) is 1.11. The van der Waals surface area contributed by atoms with Gasteiger partial charge in [-0.3, -0.25) is 0 Å². The van der Waals surface area contributed by atoms with Crippen LogP contribution in [0.15, 0.2) is 0 Å². The average molecular weight is 205 g/mol. The lowest BCUT2D eigenvalue weighted by atomic mass is 10.2. The van der Waals surface area contributed by atoms with Crippen molar-refractivity contribution < 1.29 is 9.59 Å². The fourth-order valence-corrected chi connectivity index (χ4v) is 1.49. The van der Waals surface area contributed by atoms with Crippen LogP contribution >= 0.6 is 0 Å². The van der Waals surface area contributed by atoms with Crippen molar-refractivity contribution in [2.75, 3.05) is 13.1 Å². The Morgan fingerprint density at radius 1 is 1.23 bits per heavy atom. The lowest BCUT2D eigenvalue weighted by molar-refractivity contribution is 0.383. The molecule has 3 N–H and O–H groups in total. The second-order valence-electron chi connectivity index (χ2n) is 3.66. The summed E-state index contributed by atoms with van der Waals surface area (Å²) in [5.74, 6) is 0. The van der Waals surface area contributed by atoms with Crippen molar-refractivity contribution >= 4 is 9.28 Å². The highest BCUT2D eigenvalue weighted by molar-refractivity contribution is 6.43. The SMILES string of the molecule is CCCCCCNCC(C)[SiH](O)O. The van der Waals surface area contributed by atoms with Gasteiger partial charge in [0.25, 0.3) is 0 Å². The normalized spacial score (nSPS) is 13.6. The highest BCUT2D eigenvalue weighted by Gasteiger charge is 2.12. The molecule has 4 heteroatoms.